The summed E-state index contributed by atoms with van der Waals surface area (Å²) in [5.74, 6) is -0.983. The van der Waals surface area contributed by atoms with Crippen LogP contribution in [0.2, 0.25) is 0 Å². The summed E-state index contributed by atoms with van der Waals surface area (Å²) in [6.45, 7) is 5.21. The van der Waals surface area contributed by atoms with E-state index in [1.54, 1.807) is 4.90 Å². The maximum atomic E-state index is 13.1. The van der Waals surface area contributed by atoms with Gasteiger partial charge in [-0.25, -0.2) is 4.79 Å². The highest BCUT2D eigenvalue weighted by atomic mass is 19.4. The number of alkyl halides is 3. The summed E-state index contributed by atoms with van der Waals surface area (Å²) < 4.78 is 39.3. The molecule has 0 aromatic heterocycles. The molecule has 11 heteroatoms. The number of carbonyl (C=O) groups excluding carboxylic acids is 2. The fraction of sp³-hybridized carbons (Fsp3) is 0.650. The fourth-order valence-electron chi connectivity index (χ4n) is 3.56. The molecule has 2 rings (SSSR count). The quantitative estimate of drug-likeness (QED) is 0.215. The Kier molecular flexibility index (Phi) is 8.90. The van der Waals surface area contributed by atoms with E-state index in [4.69, 9.17) is 5.73 Å². The van der Waals surface area contributed by atoms with Crippen molar-refractivity contribution in [3.63, 3.8) is 0 Å². The van der Waals surface area contributed by atoms with Crippen molar-refractivity contribution in [2.45, 2.75) is 57.4 Å². The van der Waals surface area contributed by atoms with Crippen LogP contribution < -0.4 is 21.7 Å². The summed E-state index contributed by atoms with van der Waals surface area (Å²) in [5.41, 5.74) is 2.98. The molecule has 174 valence electrons. The van der Waals surface area contributed by atoms with Crippen molar-refractivity contribution in [3.8, 4) is 0 Å². The Morgan fingerprint density at radius 1 is 1.19 bits per heavy atom. The molecule has 3 atom stereocenters. The van der Waals surface area contributed by atoms with Gasteiger partial charge in [0.2, 0.25) is 0 Å². The lowest BCUT2D eigenvalue weighted by Crippen LogP contribution is -2.60. The second-order valence-corrected chi connectivity index (χ2v) is 7.79. The molecule has 0 saturated carbocycles. The van der Waals surface area contributed by atoms with Crippen LogP contribution in [0.3, 0.4) is 0 Å². The van der Waals surface area contributed by atoms with Gasteiger partial charge in [-0.05, 0) is 33.1 Å². The Labute approximate surface area is 180 Å². The van der Waals surface area contributed by atoms with Crippen molar-refractivity contribution >= 4 is 18.2 Å². The zero-order valence-electron chi connectivity index (χ0n) is 17.8. The predicted molar refractivity (Wildman–Crippen MR) is 113 cm³/mol. The second kappa shape index (κ2) is 11.2. The van der Waals surface area contributed by atoms with Gasteiger partial charge in [-0.3, -0.25) is 9.79 Å². The molecule has 8 nitrogen and oxygen atoms in total. The van der Waals surface area contributed by atoms with Crippen LogP contribution in [0.1, 0.15) is 33.1 Å². The van der Waals surface area contributed by atoms with Crippen LogP contribution in [0.25, 0.3) is 0 Å². The Hall–Kier alpha value is -2.56. The molecule has 0 spiro atoms. The number of halogens is 3. The van der Waals surface area contributed by atoms with Crippen molar-refractivity contribution < 1.29 is 22.8 Å². The number of rotatable bonds is 6. The highest BCUT2D eigenvalue weighted by molar-refractivity contribution is 6.13. The average molecular weight is 445 g/mol. The lowest BCUT2D eigenvalue weighted by molar-refractivity contribution is -0.118. The summed E-state index contributed by atoms with van der Waals surface area (Å²) in [6, 6.07) is -0.458. The van der Waals surface area contributed by atoms with Gasteiger partial charge >= 0.3 is 12.2 Å². The lowest BCUT2D eigenvalue weighted by Gasteiger charge is -2.39. The number of carbonyl (C=O) groups is 2. The van der Waals surface area contributed by atoms with Crippen LogP contribution in [-0.4, -0.2) is 73.5 Å². The van der Waals surface area contributed by atoms with Crippen LogP contribution in [0, 0.1) is 0 Å². The Bertz CT molecular complexity index is 725. The molecule has 31 heavy (non-hydrogen) atoms. The van der Waals surface area contributed by atoms with Gasteiger partial charge in [0.1, 0.15) is 5.70 Å². The van der Waals surface area contributed by atoms with Crippen molar-refractivity contribution in [1.82, 2.24) is 20.9 Å². The summed E-state index contributed by atoms with van der Waals surface area (Å²) in [7, 11) is 0. The van der Waals surface area contributed by atoms with E-state index in [9.17, 15) is 22.8 Å². The Morgan fingerprint density at radius 3 is 2.42 bits per heavy atom. The number of amides is 3. The van der Waals surface area contributed by atoms with Gasteiger partial charge < -0.3 is 26.6 Å². The third kappa shape index (κ3) is 7.27. The SMILES string of the molecule is CC1CNCC(C)N1C(=O)NCCNC(=O)C(C=NC1CC=CCC1)=C(N)C(F)(F)F. The number of aliphatic imine (C=N–C) groups is 1. The maximum Gasteiger partial charge on any atom is 0.431 e. The van der Waals surface area contributed by atoms with E-state index < -0.39 is 23.4 Å². The summed E-state index contributed by atoms with van der Waals surface area (Å²) >= 11 is 0. The molecule has 3 amide bonds. The third-order valence-corrected chi connectivity index (χ3v) is 5.25. The number of piperazine rings is 1. The lowest BCUT2D eigenvalue weighted by atomic mass is 10.0. The van der Waals surface area contributed by atoms with E-state index >= 15 is 0 Å². The Morgan fingerprint density at radius 2 is 1.84 bits per heavy atom. The maximum absolute atomic E-state index is 13.1. The monoisotopic (exact) mass is 444 g/mol. The van der Waals surface area contributed by atoms with Crippen molar-refractivity contribution in [2.24, 2.45) is 10.7 Å². The molecular formula is C20H31F3N6O2. The van der Waals surface area contributed by atoms with E-state index in [0.29, 0.717) is 25.9 Å². The van der Waals surface area contributed by atoms with Crippen LogP contribution in [0.15, 0.2) is 28.4 Å². The van der Waals surface area contributed by atoms with E-state index in [2.05, 4.69) is 20.9 Å². The first kappa shape index (κ1) is 24.7. The summed E-state index contributed by atoms with van der Waals surface area (Å²) in [6.07, 6.45) is 2.03. The summed E-state index contributed by atoms with van der Waals surface area (Å²) in [5, 5.41) is 8.28. The molecular weight excluding hydrogens is 413 g/mol. The minimum atomic E-state index is -4.85. The van der Waals surface area contributed by atoms with Crippen LogP contribution >= 0.6 is 0 Å². The van der Waals surface area contributed by atoms with Crippen molar-refractivity contribution in [1.29, 1.82) is 0 Å². The number of nitrogens with one attached hydrogen (secondary N) is 3. The number of hydrogen-bond acceptors (Lipinski definition) is 5. The fourth-order valence-corrected chi connectivity index (χ4v) is 3.56. The summed E-state index contributed by atoms with van der Waals surface area (Å²) in [4.78, 5) is 30.6. The zero-order chi connectivity index (χ0) is 23.0. The zero-order valence-corrected chi connectivity index (χ0v) is 17.8. The minimum absolute atomic E-state index is 0.00491. The molecule has 3 unspecified atom stereocenters. The number of nitrogens with zero attached hydrogens (tertiary/aromatic N) is 2. The van der Waals surface area contributed by atoms with Gasteiger partial charge in [-0.15, -0.1) is 0 Å². The minimum Gasteiger partial charge on any atom is -0.394 e. The van der Waals surface area contributed by atoms with Gasteiger partial charge in [0.15, 0.2) is 0 Å². The van der Waals surface area contributed by atoms with Crippen molar-refractivity contribution in [3.05, 3.63) is 23.4 Å². The molecule has 0 bridgehead atoms. The number of nitrogens with two attached hydrogens (primary N) is 1. The molecule has 0 aromatic rings. The number of allylic oxidation sites excluding steroid dienone is 2. The molecule has 5 N–H and O–H groups in total. The van der Waals surface area contributed by atoms with Gasteiger partial charge in [0, 0.05) is 44.5 Å². The van der Waals surface area contributed by atoms with E-state index in [0.717, 1.165) is 12.6 Å². The van der Waals surface area contributed by atoms with E-state index in [-0.39, 0.29) is 37.2 Å². The average Bonchev–Trinajstić information content (AvgIpc) is 2.71. The first-order chi connectivity index (χ1) is 14.6. The topological polar surface area (TPSA) is 112 Å². The number of urea groups is 1. The van der Waals surface area contributed by atoms with Gasteiger partial charge in [0.05, 0.1) is 11.6 Å². The van der Waals surface area contributed by atoms with Crippen LogP contribution in [-0.2, 0) is 4.79 Å². The molecule has 1 heterocycles. The highest BCUT2D eigenvalue weighted by Gasteiger charge is 2.36. The standard InChI is InChI=1S/C20H31F3N6O2/c1-13-10-25-11-14(2)29(13)19(31)27-9-8-26-18(30)16(17(24)20(21,22)23)12-28-15-6-4-3-5-7-15/h3-4,12-15,25H,5-11,24H2,1-2H3,(H,26,30)(H,27,31). The van der Waals surface area contributed by atoms with Gasteiger partial charge in [-0.1, -0.05) is 12.2 Å². The van der Waals surface area contributed by atoms with Crippen molar-refractivity contribution in [2.75, 3.05) is 26.2 Å². The third-order valence-electron chi connectivity index (χ3n) is 5.25. The molecule has 1 aliphatic heterocycles. The van der Waals surface area contributed by atoms with E-state index in [1.165, 1.54) is 0 Å². The van der Waals surface area contributed by atoms with E-state index in [1.807, 2.05) is 26.0 Å². The molecule has 2 aliphatic rings. The first-order valence-corrected chi connectivity index (χ1v) is 10.4. The number of hydrogen-bond donors (Lipinski definition) is 4. The van der Waals surface area contributed by atoms with Crippen LogP contribution in [0.4, 0.5) is 18.0 Å². The first-order valence-electron chi connectivity index (χ1n) is 10.4. The normalized spacial score (nSPS) is 25.3. The molecule has 1 fully saturated rings. The molecule has 1 aliphatic carbocycles. The molecule has 0 aromatic carbocycles. The molecule has 0 radical (unpaired) electrons. The van der Waals surface area contributed by atoms with Gasteiger partial charge in [-0.2, -0.15) is 13.2 Å². The second-order valence-electron chi connectivity index (χ2n) is 7.79. The molecule has 1 saturated heterocycles. The Balaban J connectivity index is 1.93. The van der Waals surface area contributed by atoms with Gasteiger partial charge in [0.25, 0.3) is 5.91 Å². The smallest absolute Gasteiger partial charge is 0.394 e. The predicted octanol–water partition coefficient (Wildman–Crippen LogP) is 1.45. The highest BCUT2D eigenvalue weighted by Crippen LogP contribution is 2.24. The van der Waals surface area contributed by atoms with Crippen LogP contribution in [0.5, 0.6) is 0 Å². The largest absolute Gasteiger partial charge is 0.431 e.